The Kier molecular flexibility index (Phi) is 4.55. The minimum absolute atomic E-state index is 0.305. The van der Waals surface area contributed by atoms with Crippen LogP contribution in [0, 0.1) is 19.8 Å². The van der Waals surface area contributed by atoms with Gasteiger partial charge in [-0.25, -0.2) is 0 Å². The minimum atomic E-state index is -0.720. The van der Waals surface area contributed by atoms with Gasteiger partial charge in [-0.3, -0.25) is 4.79 Å². The first-order valence-corrected chi connectivity index (χ1v) is 5.86. The summed E-state index contributed by atoms with van der Waals surface area (Å²) in [5.41, 5.74) is 3.32. The molecule has 0 aliphatic rings. The molecule has 1 aromatic rings. The van der Waals surface area contributed by atoms with Gasteiger partial charge in [0.05, 0.1) is 13.0 Å². The Balaban J connectivity index is 3.02. The smallest absolute Gasteiger partial charge is 0.306 e. The first-order valence-electron chi connectivity index (χ1n) is 5.86. The Bertz CT molecular complexity index is 387. The average molecular weight is 236 g/mol. The number of benzene rings is 1. The van der Waals surface area contributed by atoms with Crippen LogP contribution in [-0.4, -0.2) is 18.2 Å². The molecule has 0 heterocycles. The number of carbonyl (C=O) groups is 1. The normalized spacial score (nSPS) is 12.2. The Morgan fingerprint density at radius 3 is 2.24 bits per heavy atom. The topological polar surface area (TPSA) is 46.5 Å². The summed E-state index contributed by atoms with van der Waals surface area (Å²) in [6.07, 6.45) is 1.24. The van der Waals surface area contributed by atoms with Crippen LogP contribution in [-0.2, 0) is 11.2 Å². The molecule has 1 aromatic carbocycles. The van der Waals surface area contributed by atoms with Crippen LogP contribution in [0.15, 0.2) is 12.1 Å². The molecule has 0 spiro atoms. The fraction of sp³-hybridized carbons (Fsp3) is 0.500. The number of ether oxygens (including phenoxy) is 1. The molecule has 94 valence electrons. The fourth-order valence-corrected chi connectivity index (χ4v) is 2.05. The Morgan fingerprint density at radius 2 is 1.88 bits per heavy atom. The molecule has 0 fully saturated rings. The van der Waals surface area contributed by atoms with E-state index in [9.17, 15) is 4.79 Å². The van der Waals surface area contributed by atoms with Gasteiger partial charge in [-0.05, 0) is 55.5 Å². The monoisotopic (exact) mass is 236 g/mol. The van der Waals surface area contributed by atoms with Crippen molar-refractivity contribution in [3.05, 3.63) is 28.8 Å². The molecule has 1 rings (SSSR count). The first-order chi connectivity index (χ1) is 7.99. The molecule has 0 saturated heterocycles. The second-order valence-electron chi connectivity index (χ2n) is 4.39. The van der Waals surface area contributed by atoms with Crippen molar-refractivity contribution < 1.29 is 14.6 Å². The van der Waals surface area contributed by atoms with E-state index in [4.69, 9.17) is 9.84 Å². The highest BCUT2D eigenvalue weighted by Crippen LogP contribution is 2.25. The van der Waals surface area contributed by atoms with E-state index in [-0.39, 0.29) is 5.92 Å². The van der Waals surface area contributed by atoms with Crippen LogP contribution in [0.25, 0.3) is 0 Å². The molecule has 0 aliphatic carbocycles. The standard InChI is InChI=1S/C14H20O3/c1-5-11(14(15)16)8-13-9(2)6-12(17-4)7-10(13)3/h6-7,11H,5,8H2,1-4H3,(H,15,16)/t11-/m0/s1. The number of methoxy groups -OCH3 is 1. The number of hydrogen-bond acceptors (Lipinski definition) is 2. The highest BCUT2D eigenvalue weighted by atomic mass is 16.5. The SMILES string of the molecule is CC[C@@H](Cc1c(C)cc(OC)cc1C)C(=O)O. The molecule has 1 N–H and O–H groups in total. The zero-order valence-electron chi connectivity index (χ0n) is 10.9. The number of aryl methyl sites for hydroxylation is 2. The highest BCUT2D eigenvalue weighted by molar-refractivity contribution is 5.70. The van der Waals surface area contributed by atoms with E-state index in [1.165, 1.54) is 0 Å². The summed E-state index contributed by atoms with van der Waals surface area (Å²) in [4.78, 5) is 11.1. The molecule has 0 aromatic heterocycles. The van der Waals surface area contributed by atoms with E-state index < -0.39 is 5.97 Å². The van der Waals surface area contributed by atoms with Gasteiger partial charge < -0.3 is 9.84 Å². The molecular weight excluding hydrogens is 216 g/mol. The molecule has 0 radical (unpaired) electrons. The molecule has 3 nitrogen and oxygen atoms in total. The number of aliphatic carboxylic acids is 1. The molecule has 0 amide bonds. The lowest BCUT2D eigenvalue weighted by atomic mass is 9.91. The van der Waals surface area contributed by atoms with Crippen molar-refractivity contribution in [3.8, 4) is 5.75 Å². The van der Waals surface area contributed by atoms with E-state index in [0.29, 0.717) is 12.8 Å². The van der Waals surface area contributed by atoms with Gasteiger partial charge in [0.25, 0.3) is 0 Å². The van der Waals surface area contributed by atoms with Crippen LogP contribution in [0.5, 0.6) is 5.75 Å². The van der Waals surface area contributed by atoms with Gasteiger partial charge in [0.15, 0.2) is 0 Å². The lowest BCUT2D eigenvalue weighted by molar-refractivity contribution is -0.141. The van der Waals surface area contributed by atoms with Gasteiger partial charge in [-0.1, -0.05) is 6.92 Å². The van der Waals surface area contributed by atoms with Gasteiger partial charge in [-0.2, -0.15) is 0 Å². The third-order valence-electron chi connectivity index (χ3n) is 3.20. The van der Waals surface area contributed by atoms with Crippen LogP contribution in [0.4, 0.5) is 0 Å². The van der Waals surface area contributed by atoms with Crippen LogP contribution in [0.3, 0.4) is 0 Å². The maximum absolute atomic E-state index is 11.1. The molecule has 0 bridgehead atoms. The number of carboxylic acids is 1. The predicted molar refractivity (Wildman–Crippen MR) is 67.6 cm³/mol. The second kappa shape index (κ2) is 5.71. The van der Waals surface area contributed by atoms with Crippen LogP contribution in [0.1, 0.15) is 30.0 Å². The Morgan fingerprint density at radius 1 is 1.35 bits per heavy atom. The van der Waals surface area contributed by atoms with Crippen molar-refractivity contribution in [1.29, 1.82) is 0 Å². The molecular formula is C14H20O3. The van der Waals surface area contributed by atoms with E-state index in [2.05, 4.69) is 0 Å². The highest BCUT2D eigenvalue weighted by Gasteiger charge is 2.18. The van der Waals surface area contributed by atoms with Crippen molar-refractivity contribution >= 4 is 5.97 Å². The summed E-state index contributed by atoms with van der Waals surface area (Å²) in [5, 5.41) is 9.09. The molecule has 1 atom stereocenters. The first kappa shape index (κ1) is 13.6. The van der Waals surface area contributed by atoms with E-state index in [1.54, 1.807) is 7.11 Å². The molecule has 0 aliphatic heterocycles. The molecule has 0 unspecified atom stereocenters. The third-order valence-corrected chi connectivity index (χ3v) is 3.20. The molecule has 0 saturated carbocycles. The number of rotatable bonds is 5. The Labute approximate surface area is 102 Å². The summed E-state index contributed by atoms with van der Waals surface area (Å²) in [6.45, 7) is 5.91. The van der Waals surface area contributed by atoms with Gasteiger partial charge in [0, 0.05) is 0 Å². The van der Waals surface area contributed by atoms with E-state index in [1.807, 2.05) is 32.9 Å². The molecule has 17 heavy (non-hydrogen) atoms. The summed E-state index contributed by atoms with van der Waals surface area (Å²) >= 11 is 0. The number of hydrogen-bond donors (Lipinski definition) is 1. The summed E-state index contributed by atoms with van der Waals surface area (Å²) in [5.74, 6) is -0.199. The summed E-state index contributed by atoms with van der Waals surface area (Å²) in [6, 6.07) is 3.91. The van der Waals surface area contributed by atoms with Gasteiger partial charge in [0.2, 0.25) is 0 Å². The van der Waals surface area contributed by atoms with Crippen molar-refractivity contribution in [3.63, 3.8) is 0 Å². The lowest BCUT2D eigenvalue weighted by Crippen LogP contribution is -2.16. The molecule has 3 heteroatoms. The maximum atomic E-state index is 11.1. The number of carboxylic acid groups (broad SMARTS) is 1. The van der Waals surface area contributed by atoms with Crippen molar-refractivity contribution in [2.75, 3.05) is 7.11 Å². The van der Waals surface area contributed by atoms with E-state index in [0.717, 1.165) is 22.4 Å². The van der Waals surface area contributed by atoms with Gasteiger partial charge >= 0.3 is 5.97 Å². The van der Waals surface area contributed by atoms with E-state index >= 15 is 0 Å². The second-order valence-corrected chi connectivity index (χ2v) is 4.39. The largest absolute Gasteiger partial charge is 0.497 e. The van der Waals surface area contributed by atoms with Crippen LogP contribution < -0.4 is 4.74 Å². The van der Waals surface area contributed by atoms with Crippen molar-refractivity contribution in [1.82, 2.24) is 0 Å². The maximum Gasteiger partial charge on any atom is 0.306 e. The van der Waals surface area contributed by atoms with Crippen LogP contribution >= 0.6 is 0 Å². The fourth-order valence-electron chi connectivity index (χ4n) is 2.05. The Hall–Kier alpha value is -1.51. The summed E-state index contributed by atoms with van der Waals surface area (Å²) in [7, 11) is 1.64. The van der Waals surface area contributed by atoms with Gasteiger partial charge in [-0.15, -0.1) is 0 Å². The zero-order chi connectivity index (χ0) is 13.0. The lowest BCUT2D eigenvalue weighted by Gasteiger charge is -2.15. The third kappa shape index (κ3) is 3.22. The summed E-state index contributed by atoms with van der Waals surface area (Å²) < 4.78 is 5.19. The van der Waals surface area contributed by atoms with Gasteiger partial charge in [0.1, 0.15) is 5.75 Å². The van der Waals surface area contributed by atoms with Crippen molar-refractivity contribution in [2.24, 2.45) is 5.92 Å². The minimum Gasteiger partial charge on any atom is -0.497 e. The van der Waals surface area contributed by atoms with Crippen molar-refractivity contribution in [2.45, 2.75) is 33.6 Å². The van der Waals surface area contributed by atoms with Crippen LogP contribution in [0.2, 0.25) is 0 Å². The average Bonchev–Trinajstić information content (AvgIpc) is 2.27. The predicted octanol–water partition coefficient (Wildman–Crippen LogP) is 2.97. The quantitative estimate of drug-likeness (QED) is 0.855. The zero-order valence-corrected chi connectivity index (χ0v) is 10.9.